The fraction of sp³-hybridized carbons (Fsp3) is 0.250. The molecule has 3 nitrogen and oxygen atoms in total. The molecule has 0 fully saturated rings. The third-order valence-corrected chi connectivity index (χ3v) is 4.71. The summed E-state index contributed by atoms with van der Waals surface area (Å²) in [6, 6.07) is 17.4. The molecule has 3 heteroatoms. The zero-order valence-corrected chi connectivity index (χ0v) is 13.3. The minimum atomic E-state index is 0.375. The first kappa shape index (κ1) is 14.1. The van der Waals surface area contributed by atoms with Gasteiger partial charge in [0.1, 0.15) is 5.75 Å². The summed E-state index contributed by atoms with van der Waals surface area (Å²) in [6.45, 7) is 0. The van der Waals surface area contributed by atoms with Crippen molar-refractivity contribution in [2.24, 2.45) is 0 Å². The van der Waals surface area contributed by atoms with E-state index in [1.54, 1.807) is 7.11 Å². The molecule has 0 saturated heterocycles. The van der Waals surface area contributed by atoms with Gasteiger partial charge in [-0.25, -0.2) is 4.98 Å². The number of nitrogens with zero attached hydrogens (tertiary/aromatic N) is 2. The van der Waals surface area contributed by atoms with Gasteiger partial charge in [0.05, 0.1) is 19.5 Å². The molecule has 0 radical (unpaired) electrons. The predicted octanol–water partition coefficient (Wildman–Crippen LogP) is 4.48. The van der Waals surface area contributed by atoms with Crippen molar-refractivity contribution in [3.63, 3.8) is 0 Å². The van der Waals surface area contributed by atoms with Crippen LogP contribution in [0.15, 0.2) is 61.1 Å². The van der Waals surface area contributed by atoms with Crippen LogP contribution < -0.4 is 4.74 Å². The molecule has 1 aromatic heterocycles. The van der Waals surface area contributed by atoms with Gasteiger partial charge in [-0.05, 0) is 48.1 Å². The summed E-state index contributed by atoms with van der Waals surface area (Å²) < 4.78 is 7.61. The average Bonchev–Trinajstić information content (AvgIpc) is 3.10. The van der Waals surface area contributed by atoms with Crippen molar-refractivity contribution in [1.29, 1.82) is 0 Å². The van der Waals surface area contributed by atoms with Gasteiger partial charge in [-0.1, -0.05) is 36.4 Å². The summed E-state index contributed by atoms with van der Waals surface area (Å²) in [6.07, 6.45) is 7.48. The molecule has 0 N–H and O–H groups in total. The maximum absolute atomic E-state index is 5.28. The van der Waals surface area contributed by atoms with E-state index in [1.165, 1.54) is 28.8 Å². The van der Waals surface area contributed by atoms with Crippen LogP contribution in [0.3, 0.4) is 0 Å². The van der Waals surface area contributed by atoms with Crippen molar-refractivity contribution in [1.82, 2.24) is 9.55 Å². The minimum Gasteiger partial charge on any atom is -0.497 e. The van der Waals surface area contributed by atoms with Gasteiger partial charge in [-0.15, -0.1) is 0 Å². The third-order valence-electron chi connectivity index (χ3n) is 4.71. The van der Waals surface area contributed by atoms with Crippen LogP contribution in [0, 0.1) is 0 Å². The van der Waals surface area contributed by atoms with Crippen molar-refractivity contribution < 1.29 is 4.74 Å². The van der Waals surface area contributed by atoms with E-state index in [4.69, 9.17) is 4.74 Å². The molecular weight excluding hydrogens is 284 g/mol. The van der Waals surface area contributed by atoms with Crippen molar-refractivity contribution in [3.05, 3.63) is 72.3 Å². The maximum atomic E-state index is 5.28. The van der Waals surface area contributed by atoms with Crippen LogP contribution >= 0.6 is 0 Å². The second-order valence-electron chi connectivity index (χ2n) is 6.02. The van der Waals surface area contributed by atoms with Crippen LogP contribution in [0.5, 0.6) is 5.75 Å². The van der Waals surface area contributed by atoms with Gasteiger partial charge >= 0.3 is 0 Å². The Kier molecular flexibility index (Phi) is 3.62. The van der Waals surface area contributed by atoms with E-state index in [1.807, 2.05) is 24.7 Å². The lowest BCUT2D eigenvalue weighted by atomic mass is 9.90. The van der Waals surface area contributed by atoms with Gasteiger partial charge in [0.2, 0.25) is 0 Å². The number of aromatic nitrogens is 2. The second kappa shape index (κ2) is 5.92. The zero-order valence-electron chi connectivity index (χ0n) is 13.3. The largest absolute Gasteiger partial charge is 0.497 e. The van der Waals surface area contributed by atoms with E-state index < -0.39 is 0 Å². The third kappa shape index (κ3) is 2.52. The van der Waals surface area contributed by atoms with Crippen molar-refractivity contribution in [2.45, 2.75) is 25.3 Å². The lowest BCUT2D eigenvalue weighted by Crippen LogP contribution is -2.18. The van der Waals surface area contributed by atoms with E-state index in [0.717, 1.165) is 18.6 Å². The molecule has 0 spiro atoms. The SMILES string of the molecule is COc1ccc(-c2ccccc2C2CCCc3cncn32)cc1. The molecule has 0 bridgehead atoms. The first-order valence-corrected chi connectivity index (χ1v) is 8.11. The highest BCUT2D eigenvalue weighted by Gasteiger charge is 2.23. The monoisotopic (exact) mass is 304 g/mol. The molecule has 2 heterocycles. The Morgan fingerprint density at radius 2 is 1.91 bits per heavy atom. The molecule has 0 aliphatic carbocycles. The van der Waals surface area contributed by atoms with E-state index in [2.05, 4.69) is 45.9 Å². The molecule has 1 aliphatic heterocycles. The van der Waals surface area contributed by atoms with Crippen LogP contribution in [0.25, 0.3) is 11.1 Å². The number of ether oxygens (including phenoxy) is 1. The number of hydrogen-bond acceptors (Lipinski definition) is 2. The van der Waals surface area contributed by atoms with Crippen LogP contribution in [0.4, 0.5) is 0 Å². The number of aryl methyl sites for hydroxylation is 1. The fourth-order valence-corrected chi connectivity index (χ4v) is 3.55. The molecule has 23 heavy (non-hydrogen) atoms. The molecule has 0 saturated carbocycles. The Morgan fingerprint density at radius 1 is 1.09 bits per heavy atom. The molecule has 2 aromatic carbocycles. The molecular formula is C20H20N2O. The number of hydrogen-bond donors (Lipinski definition) is 0. The lowest BCUT2D eigenvalue weighted by Gasteiger charge is -2.27. The van der Waals surface area contributed by atoms with E-state index in [0.29, 0.717) is 6.04 Å². The molecule has 0 amide bonds. The Bertz CT molecular complexity index is 805. The highest BCUT2D eigenvalue weighted by molar-refractivity contribution is 5.68. The van der Waals surface area contributed by atoms with Gasteiger partial charge in [0.25, 0.3) is 0 Å². The normalized spacial score (nSPS) is 16.8. The summed E-state index contributed by atoms with van der Waals surface area (Å²) in [4.78, 5) is 4.35. The first-order chi connectivity index (χ1) is 11.4. The second-order valence-corrected chi connectivity index (χ2v) is 6.02. The summed E-state index contributed by atoms with van der Waals surface area (Å²) in [7, 11) is 1.70. The molecule has 4 rings (SSSR count). The van der Waals surface area contributed by atoms with E-state index >= 15 is 0 Å². The Hall–Kier alpha value is -2.55. The summed E-state index contributed by atoms with van der Waals surface area (Å²) in [5.74, 6) is 0.890. The van der Waals surface area contributed by atoms with E-state index in [9.17, 15) is 0 Å². The summed E-state index contributed by atoms with van der Waals surface area (Å²) in [5, 5.41) is 0. The number of fused-ring (bicyclic) bond motifs is 1. The number of methoxy groups -OCH3 is 1. The Balaban J connectivity index is 1.79. The number of rotatable bonds is 3. The predicted molar refractivity (Wildman–Crippen MR) is 91.7 cm³/mol. The fourth-order valence-electron chi connectivity index (χ4n) is 3.55. The van der Waals surface area contributed by atoms with Crippen molar-refractivity contribution >= 4 is 0 Å². The van der Waals surface area contributed by atoms with Gasteiger partial charge < -0.3 is 9.30 Å². The number of imidazole rings is 1. The van der Waals surface area contributed by atoms with Gasteiger partial charge in [0.15, 0.2) is 0 Å². The zero-order chi connectivity index (χ0) is 15.6. The highest BCUT2D eigenvalue weighted by Crippen LogP contribution is 2.36. The average molecular weight is 304 g/mol. The summed E-state index contributed by atoms with van der Waals surface area (Å²) in [5.41, 5.74) is 5.23. The highest BCUT2D eigenvalue weighted by atomic mass is 16.5. The van der Waals surface area contributed by atoms with Crippen molar-refractivity contribution in [3.8, 4) is 16.9 Å². The minimum absolute atomic E-state index is 0.375. The lowest BCUT2D eigenvalue weighted by molar-refractivity contribution is 0.415. The van der Waals surface area contributed by atoms with Gasteiger partial charge in [0, 0.05) is 11.9 Å². The topological polar surface area (TPSA) is 27.1 Å². The van der Waals surface area contributed by atoms with Gasteiger partial charge in [-0.2, -0.15) is 0 Å². The number of benzene rings is 2. The molecule has 1 atom stereocenters. The Morgan fingerprint density at radius 3 is 2.74 bits per heavy atom. The quantitative estimate of drug-likeness (QED) is 0.713. The smallest absolute Gasteiger partial charge is 0.118 e. The van der Waals surface area contributed by atoms with Crippen LogP contribution in [0.2, 0.25) is 0 Å². The summed E-state index contributed by atoms with van der Waals surface area (Å²) >= 11 is 0. The Labute approximate surface area is 136 Å². The molecule has 116 valence electrons. The van der Waals surface area contributed by atoms with Crippen molar-refractivity contribution in [2.75, 3.05) is 7.11 Å². The van der Waals surface area contributed by atoms with Gasteiger partial charge in [-0.3, -0.25) is 0 Å². The maximum Gasteiger partial charge on any atom is 0.118 e. The van der Waals surface area contributed by atoms with Crippen LogP contribution in [-0.2, 0) is 6.42 Å². The standard InChI is InChI=1S/C20H20N2O/c1-23-17-11-9-15(10-12-17)18-6-2-3-7-19(18)20-8-4-5-16-13-21-14-22(16)20/h2-3,6-7,9-14,20H,4-5,8H2,1H3. The van der Waals surface area contributed by atoms with Crippen LogP contribution in [0.1, 0.15) is 30.1 Å². The van der Waals surface area contributed by atoms with E-state index in [-0.39, 0.29) is 0 Å². The molecule has 1 aliphatic rings. The van der Waals surface area contributed by atoms with Crippen LogP contribution in [-0.4, -0.2) is 16.7 Å². The molecule has 3 aromatic rings. The first-order valence-electron chi connectivity index (χ1n) is 8.11. The molecule has 1 unspecified atom stereocenters.